The van der Waals surface area contributed by atoms with Crippen LogP contribution in [-0.2, 0) is 4.79 Å². The lowest BCUT2D eigenvalue weighted by Crippen LogP contribution is -2.41. The van der Waals surface area contributed by atoms with Crippen molar-refractivity contribution in [2.24, 2.45) is 0 Å². The van der Waals surface area contributed by atoms with Gasteiger partial charge in [0.25, 0.3) is 11.8 Å². The minimum Gasteiger partial charge on any atom is -0.268 e. The molecule has 0 spiro atoms. The van der Waals surface area contributed by atoms with Gasteiger partial charge in [-0.05, 0) is 31.5 Å². The highest BCUT2D eigenvalue weighted by Gasteiger charge is 2.08. The maximum absolute atomic E-state index is 11.7. The summed E-state index contributed by atoms with van der Waals surface area (Å²) in [5.74, 6) is -0.787. The van der Waals surface area contributed by atoms with Crippen LogP contribution in [0.5, 0.6) is 0 Å². The molecule has 0 aliphatic carbocycles. The van der Waals surface area contributed by atoms with Gasteiger partial charge >= 0.3 is 0 Å². The second-order valence-corrected chi connectivity index (χ2v) is 4.51. The quantitative estimate of drug-likeness (QED) is 0.649. The average Bonchev–Trinajstić information content (AvgIpc) is 2.28. The number of amides is 2. The zero-order valence-electron chi connectivity index (χ0n) is 9.63. The number of carbonyl (C=O) groups excluding carboxylic acids is 2. The fraction of sp³-hybridized carbons (Fsp3) is 0.167. The van der Waals surface area contributed by atoms with Gasteiger partial charge in [-0.1, -0.05) is 28.6 Å². The summed E-state index contributed by atoms with van der Waals surface area (Å²) in [4.78, 5) is 22.8. The van der Waals surface area contributed by atoms with Gasteiger partial charge in [-0.15, -0.1) is 0 Å². The van der Waals surface area contributed by atoms with Crippen molar-refractivity contribution in [2.45, 2.75) is 13.8 Å². The Kier molecular flexibility index (Phi) is 4.45. The number of hydrogen-bond donors (Lipinski definition) is 2. The van der Waals surface area contributed by atoms with Crippen LogP contribution in [0.25, 0.3) is 0 Å². The second-order valence-electron chi connectivity index (χ2n) is 3.65. The molecule has 1 aromatic carbocycles. The Morgan fingerprint density at radius 2 is 1.94 bits per heavy atom. The topological polar surface area (TPSA) is 58.2 Å². The summed E-state index contributed by atoms with van der Waals surface area (Å²) in [6.45, 7) is 6.95. The van der Waals surface area contributed by atoms with E-state index in [4.69, 9.17) is 0 Å². The van der Waals surface area contributed by atoms with Crippen LogP contribution >= 0.6 is 15.9 Å². The molecule has 90 valence electrons. The van der Waals surface area contributed by atoms with Gasteiger partial charge in [0, 0.05) is 15.6 Å². The van der Waals surface area contributed by atoms with Crippen molar-refractivity contribution in [1.82, 2.24) is 10.9 Å². The van der Waals surface area contributed by atoms with E-state index >= 15 is 0 Å². The molecule has 17 heavy (non-hydrogen) atoms. The molecule has 2 amide bonds. The van der Waals surface area contributed by atoms with Gasteiger partial charge in [-0.25, -0.2) is 0 Å². The Bertz CT molecular complexity index is 483. The van der Waals surface area contributed by atoms with Crippen molar-refractivity contribution in [3.63, 3.8) is 0 Å². The van der Waals surface area contributed by atoms with Crippen molar-refractivity contribution < 1.29 is 9.59 Å². The van der Waals surface area contributed by atoms with Gasteiger partial charge in [-0.3, -0.25) is 20.4 Å². The third-order valence-corrected chi connectivity index (χ3v) is 2.97. The predicted octanol–water partition coefficient (Wildman–Crippen LogP) is 2.09. The number of nitrogens with one attached hydrogen (secondary N) is 2. The van der Waals surface area contributed by atoms with E-state index in [9.17, 15) is 9.59 Å². The van der Waals surface area contributed by atoms with Crippen LogP contribution in [0.2, 0.25) is 0 Å². The molecule has 0 heterocycles. The maximum atomic E-state index is 11.7. The average molecular weight is 297 g/mol. The van der Waals surface area contributed by atoms with Crippen LogP contribution in [0.15, 0.2) is 34.8 Å². The Morgan fingerprint density at radius 3 is 2.47 bits per heavy atom. The molecule has 0 atom stereocenters. The number of halogens is 1. The molecule has 1 rings (SSSR count). The van der Waals surface area contributed by atoms with E-state index in [-0.39, 0.29) is 5.91 Å². The Balaban J connectivity index is 2.67. The molecule has 0 unspecified atom stereocenters. The lowest BCUT2D eigenvalue weighted by Gasteiger charge is -2.07. The first kappa shape index (κ1) is 13.4. The summed E-state index contributed by atoms with van der Waals surface area (Å²) >= 11 is 3.34. The molecule has 0 radical (unpaired) electrons. The second kappa shape index (κ2) is 5.63. The molecular weight excluding hydrogens is 284 g/mol. The summed E-state index contributed by atoms with van der Waals surface area (Å²) in [5.41, 5.74) is 6.39. The predicted molar refractivity (Wildman–Crippen MR) is 69.3 cm³/mol. The van der Waals surface area contributed by atoms with E-state index in [0.717, 1.165) is 10.0 Å². The fourth-order valence-electron chi connectivity index (χ4n) is 1.03. The van der Waals surface area contributed by atoms with Crippen molar-refractivity contribution >= 4 is 27.7 Å². The van der Waals surface area contributed by atoms with Crippen LogP contribution in [-0.4, -0.2) is 11.8 Å². The Morgan fingerprint density at radius 1 is 1.29 bits per heavy atom. The van der Waals surface area contributed by atoms with Crippen LogP contribution in [0.1, 0.15) is 22.8 Å². The molecule has 0 aromatic heterocycles. The first-order valence-corrected chi connectivity index (χ1v) is 5.73. The molecule has 5 heteroatoms. The molecule has 0 bridgehead atoms. The highest BCUT2D eigenvalue weighted by atomic mass is 79.9. The fourth-order valence-corrected chi connectivity index (χ4v) is 1.41. The summed E-state index contributed by atoms with van der Waals surface area (Å²) < 4.78 is 0.844. The number of aryl methyl sites for hydroxylation is 1. The van der Waals surface area contributed by atoms with Gasteiger partial charge in [0.05, 0.1) is 0 Å². The van der Waals surface area contributed by atoms with Gasteiger partial charge in [0.2, 0.25) is 0 Å². The molecule has 4 nitrogen and oxygen atoms in total. The van der Waals surface area contributed by atoms with Crippen molar-refractivity contribution in [3.8, 4) is 0 Å². The maximum Gasteiger partial charge on any atom is 0.269 e. The Hall–Kier alpha value is -1.62. The molecule has 0 aliphatic heterocycles. The van der Waals surface area contributed by atoms with Crippen LogP contribution in [0, 0.1) is 6.92 Å². The molecule has 1 aromatic rings. The zero-order valence-corrected chi connectivity index (χ0v) is 11.2. The highest BCUT2D eigenvalue weighted by Crippen LogP contribution is 2.17. The summed E-state index contributed by atoms with van der Waals surface area (Å²) in [5, 5.41) is 0. The van der Waals surface area contributed by atoms with Crippen LogP contribution in [0.4, 0.5) is 0 Å². The largest absolute Gasteiger partial charge is 0.269 e. The van der Waals surface area contributed by atoms with Crippen LogP contribution < -0.4 is 10.9 Å². The molecule has 0 saturated carbocycles. The Labute approximate surface area is 108 Å². The number of benzene rings is 1. The van der Waals surface area contributed by atoms with Gasteiger partial charge in [-0.2, -0.15) is 0 Å². The normalized spacial score (nSPS) is 9.59. The molecule has 2 N–H and O–H groups in total. The smallest absolute Gasteiger partial charge is 0.268 e. The highest BCUT2D eigenvalue weighted by molar-refractivity contribution is 9.10. The number of hydrazine groups is 1. The standard InChI is InChI=1S/C12H13BrN2O2/c1-7(2)11(16)14-15-12(17)9-5-4-8(3)10(13)6-9/h4-6H,1H2,2-3H3,(H,14,16)(H,15,17). The van der Waals surface area contributed by atoms with Gasteiger partial charge < -0.3 is 0 Å². The lowest BCUT2D eigenvalue weighted by molar-refractivity contribution is -0.118. The van der Waals surface area contributed by atoms with E-state index in [0.29, 0.717) is 11.1 Å². The van der Waals surface area contributed by atoms with Crippen molar-refractivity contribution in [1.29, 1.82) is 0 Å². The van der Waals surface area contributed by atoms with E-state index < -0.39 is 5.91 Å². The lowest BCUT2D eigenvalue weighted by atomic mass is 10.1. The van der Waals surface area contributed by atoms with Crippen molar-refractivity contribution in [2.75, 3.05) is 0 Å². The third kappa shape index (κ3) is 3.71. The van der Waals surface area contributed by atoms with Crippen LogP contribution in [0.3, 0.4) is 0 Å². The molecule has 0 aliphatic rings. The number of carbonyl (C=O) groups is 2. The van der Waals surface area contributed by atoms with Gasteiger partial charge in [0.1, 0.15) is 0 Å². The van der Waals surface area contributed by atoms with E-state index in [1.807, 2.05) is 13.0 Å². The number of hydrogen-bond acceptors (Lipinski definition) is 2. The van der Waals surface area contributed by atoms with Gasteiger partial charge in [0.15, 0.2) is 0 Å². The molecule has 0 saturated heterocycles. The van der Waals surface area contributed by atoms with E-state index in [1.165, 1.54) is 0 Å². The summed E-state index contributed by atoms with van der Waals surface area (Å²) in [6.07, 6.45) is 0. The number of rotatable bonds is 2. The minimum absolute atomic E-state index is 0.329. The zero-order chi connectivity index (χ0) is 13.0. The first-order valence-electron chi connectivity index (χ1n) is 4.94. The summed E-state index contributed by atoms with van der Waals surface area (Å²) in [6, 6.07) is 5.19. The van der Waals surface area contributed by atoms with E-state index in [2.05, 4.69) is 33.4 Å². The minimum atomic E-state index is -0.412. The van der Waals surface area contributed by atoms with E-state index in [1.54, 1.807) is 19.1 Å². The summed E-state index contributed by atoms with van der Waals surface area (Å²) in [7, 11) is 0. The van der Waals surface area contributed by atoms with Crippen molar-refractivity contribution in [3.05, 3.63) is 46.0 Å². The molecular formula is C12H13BrN2O2. The third-order valence-electron chi connectivity index (χ3n) is 2.11. The first-order chi connectivity index (χ1) is 7.91. The monoisotopic (exact) mass is 296 g/mol. The molecule has 0 fully saturated rings. The SMILES string of the molecule is C=C(C)C(=O)NNC(=O)c1ccc(C)c(Br)c1.